The van der Waals surface area contributed by atoms with Crippen molar-refractivity contribution in [2.45, 2.75) is 43.5 Å². The molecule has 19 heavy (non-hydrogen) atoms. The highest BCUT2D eigenvalue weighted by atomic mass is 79.9. The number of benzene rings is 1. The molecule has 0 spiro atoms. The number of alkyl halides is 1. The Morgan fingerprint density at radius 1 is 1.21 bits per heavy atom. The number of hydrogen-bond acceptors (Lipinski definition) is 1. The highest BCUT2D eigenvalue weighted by Crippen LogP contribution is 2.24. The molecule has 2 rings (SSSR count). The molecule has 2 unspecified atom stereocenters. The first kappa shape index (κ1) is 15.1. The lowest BCUT2D eigenvalue weighted by atomic mass is 10.1. The van der Waals surface area contributed by atoms with Crippen LogP contribution < -0.4 is 5.32 Å². The summed E-state index contributed by atoms with van der Waals surface area (Å²) < 4.78 is 0.799. The minimum absolute atomic E-state index is 0.0223. The van der Waals surface area contributed by atoms with Gasteiger partial charge in [-0.05, 0) is 31.0 Å². The maximum Gasteiger partial charge on any atom is 0.251 e. The van der Waals surface area contributed by atoms with E-state index >= 15 is 0 Å². The van der Waals surface area contributed by atoms with Crippen LogP contribution in [0.2, 0.25) is 5.02 Å². The molecule has 1 aromatic rings. The van der Waals surface area contributed by atoms with E-state index in [1.165, 1.54) is 6.42 Å². The van der Waals surface area contributed by atoms with Crippen LogP contribution in [0.5, 0.6) is 0 Å². The second kappa shape index (κ2) is 6.96. The first-order chi connectivity index (χ1) is 9.06. The normalized spacial score (nSPS) is 23.7. The quantitative estimate of drug-likeness (QED) is 0.594. The van der Waals surface area contributed by atoms with Gasteiger partial charge in [-0.3, -0.25) is 4.79 Å². The van der Waals surface area contributed by atoms with Crippen molar-refractivity contribution in [1.29, 1.82) is 0 Å². The van der Waals surface area contributed by atoms with E-state index in [1.807, 2.05) is 0 Å². The van der Waals surface area contributed by atoms with Crippen LogP contribution in [-0.2, 0) is 0 Å². The Morgan fingerprint density at radius 3 is 2.68 bits per heavy atom. The van der Waals surface area contributed by atoms with E-state index in [9.17, 15) is 4.79 Å². The van der Waals surface area contributed by atoms with E-state index in [-0.39, 0.29) is 17.3 Å². The fourth-order valence-corrected chi connectivity index (χ4v) is 3.57. The summed E-state index contributed by atoms with van der Waals surface area (Å²) in [6.45, 7) is 0. The van der Waals surface area contributed by atoms with Crippen LogP contribution in [0.15, 0.2) is 22.7 Å². The van der Waals surface area contributed by atoms with Crippen molar-refractivity contribution in [3.05, 3.63) is 33.3 Å². The maximum atomic E-state index is 12.2. The van der Waals surface area contributed by atoms with Gasteiger partial charge in [0, 0.05) is 21.1 Å². The van der Waals surface area contributed by atoms with Gasteiger partial charge in [0.05, 0.1) is 5.38 Å². The van der Waals surface area contributed by atoms with Crippen molar-refractivity contribution in [2.75, 3.05) is 0 Å². The first-order valence-corrected chi connectivity index (χ1v) is 8.08. The molecule has 1 aliphatic carbocycles. The fourth-order valence-electron chi connectivity index (χ4n) is 2.36. The summed E-state index contributed by atoms with van der Waals surface area (Å²) in [5, 5.41) is 3.60. The zero-order chi connectivity index (χ0) is 13.8. The van der Waals surface area contributed by atoms with Gasteiger partial charge < -0.3 is 5.32 Å². The molecular formula is C14H16BrCl2NO. The third-order valence-electron chi connectivity index (χ3n) is 3.37. The van der Waals surface area contributed by atoms with Gasteiger partial charge in [0.1, 0.15) is 0 Å². The SMILES string of the molecule is O=C(NC1CCCCCC1Cl)c1cc(Cl)cc(Br)c1. The molecule has 1 fully saturated rings. The molecule has 0 aliphatic heterocycles. The molecule has 0 radical (unpaired) electrons. The smallest absolute Gasteiger partial charge is 0.251 e. The van der Waals surface area contributed by atoms with Crippen molar-refractivity contribution < 1.29 is 4.79 Å². The number of nitrogens with one attached hydrogen (secondary N) is 1. The summed E-state index contributed by atoms with van der Waals surface area (Å²) in [6.07, 6.45) is 5.36. The van der Waals surface area contributed by atoms with E-state index in [4.69, 9.17) is 23.2 Å². The molecule has 2 atom stereocenters. The summed E-state index contributed by atoms with van der Waals surface area (Å²) in [5.41, 5.74) is 0.562. The molecule has 1 saturated carbocycles. The number of rotatable bonds is 2. The number of carbonyl (C=O) groups excluding carboxylic acids is 1. The molecule has 2 nitrogen and oxygen atoms in total. The zero-order valence-corrected chi connectivity index (χ0v) is 13.6. The summed E-state index contributed by atoms with van der Waals surface area (Å²) in [7, 11) is 0. The van der Waals surface area contributed by atoms with Crippen molar-refractivity contribution >= 4 is 45.0 Å². The second-order valence-corrected chi connectivity index (χ2v) is 6.80. The molecule has 1 N–H and O–H groups in total. The maximum absolute atomic E-state index is 12.2. The van der Waals surface area contributed by atoms with Gasteiger partial charge in [0.25, 0.3) is 5.91 Å². The Kier molecular flexibility index (Phi) is 5.55. The molecule has 1 aromatic carbocycles. The third-order valence-corrected chi connectivity index (χ3v) is 4.57. The summed E-state index contributed by atoms with van der Waals surface area (Å²) in [6, 6.07) is 5.24. The van der Waals surface area contributed by atoms with Crippen LogP contribution in [0.1, 0.15) is 42.5 Å². The number of halogens is 3. The third kappa shape index (κ3) is 4.37. The predicted molar refractivity (Wildman–Crippen MR) is 83.1 cm³/mol. The highest BCUT2D eigenvalue weighted by molar-refractivity contribution is 9.10. The van der Waals surface area contributed by atoms with Gasteiger partial charge >= 0.3 is 0 Å². The molecule has 0 saturated heterocycles. The standard InChI is InChI=1S/C14H16BrCl2NO/c15-10-6-9(7-11(16)8-10)14(19)18-13-5-3-1-2-4-12(13)17/h6-8,12-13H,1-5H2,(H,18,19). The lowest BCUT2D eigenvalue weighted by Gasteiger charge is -2.21. The molecule has 1 amide bonds. The molecule has 104 valence electrons. The van der Waals surface area contributed by atoms with E-state index in [0.29, 0.717) is 10.6 Å². The average Bonchev–Trinajstić information content (AvgIpc) is 2.54. The molecule has 0 aromatic heterocycles. The average molecular weight is 365 g/mol. The van der Waals surface area contributed by atoms with Crippen LogP contribution >= 0.6 is 39.1 Å². The van der Waals surface area contributed by atoms with Gasteiger partial charge in [0.2, 0.25) is 0 Å². The van der Waals surface area contributed by atoms with Crippen LogP contribution in [-0.4, -0.2) is 17.3 Å². The summed E-state index contributed by atoms with van der Waals surface area (Å²) >= 11 is 15.6. The topological polar surface area (TPSA) is 29.1 Å². The number of carbonyl (C=O) groups is 1. The molecule has 5 heteroatoms. The van der Waals surface area contributed by atoms with Crippen molar-refractivity contribution in [3.63, 3.8) is 0 Å². The van der Waals surface area contributed by atoms with Gasteiger partial charge in [-0.2, -0.15) is 0 Å². The van der Waals surface area contributed by atoms with Crippen LogP contribution in [0.3, 0.4) is 0 Å². The Hall–Kier alpha value is -0.250. The number of hydrogen-bond donors (Lipinski definition) is 1. The van der Waals surface area contributed by atoms with Crippen molar-refractivity contribution in [1.82, 2.24) is 5.32 Å². The van der Waals surface area contributed by atoms with Gasteiger partial charge in [0.15, 0.2) is 0 Å². The van der Waals surface area contributed by atoms with Crippen LogP contribution in [0.25, 0.3) is 0 Å². The Morgan fingerprint density at radius 2 is 1.95 bits per heavy atom. The van der Waals surface area contributed by atoms with E-state index in [2.05, 4.69) is 21.2 Å². The minimum Gasteiger partial charge on any atom is -0.348 e. The van der Waals surface area contributed by atoms with Gasteiger partial charge in [-0.15, -0.1) is 11.6 Å². The highest BCUT2D eigenvalue weighted by Gasteiger charge is 2.23. The largest absolute Gasteiger partial charge is 0.348 e. The number of amides is 1. The van der Waals surface area contributed by atoms with E-state index in [0.717, 1.165) is 30.2 Å². The van der Waals surface area contributed by atoms with Crippen LogP contribution in [0.4, 0.5) is 0 Å². The van der Waals surface area contributed by atoms with Crippen molar-refractivity contribution in [3.8, 4) is 0 Å². The Bertz CT molecular complexity index is 447. The lowest BCUT2D eigenvalue weighted by molar-refractivity contribution is 0.0934. The van der Waals surface area contributed by atoms with Crippen LogP contribution in [0, 0.1) is 0 Å². The Balaban J connectivity index is 2.07. The first-order valence-electron chi connectivity index (χ1n) is 6.47. The second-order valence-electron chi connectivity index (χ2n) is 4.89. The van der Waals surface area contributed by atoms with E-state index < -0.39 is 0 Å². The Labute approximate surface area is 132 Å². The van der Waals surface area contributed by atoms with Gasteiger partial charge in [-0.1, -0.05) is 46.8 Å². The lowest BCUT2D eigenvalue weighted by Crippen LogP contribution is -2.40. The molecule has 0 heterocycles. The minimum atomic E-state index is -0.110. The summed E-state index contributed by atoms with van der Waals surface area (Å²) in [4.78, 5) is 12.2. The van der Waals surface area contributed by atoms with E-state index in [1.54, 1.807) is 18.2 Å². The fraction of sp³-hybridized carbons (Fsp3) is 0.500. The van der Waals surface area contributed by atoms with Gasteiger partial charge in [-0.25, -0.2) is 0 Å². The molecule has 0 bridgehead atoms. The monoisotopic (exact) mass is 363 g/mol. The molecular weight excluding hydrogens is 349 g/mol. The van der Waals surface area contributed by atoms with Crippen molar-refractivity contribution in [2.24, 2.45) is 0 Å². The molecule has 1 aliphatic rings. The zero-order valence-electron chi connectivity index (χ0n) is 10.5. The predicted octanol–water partition coefficient (Wildman–Crippen LogP) is 4.77. The summed E-state index contributed by atoms with van der Waals surface area (Å²) in [5.74, 6) is -0.110.